The van der Waals surface area contributed by atoms with E-state index in [4.69, 9.17) is 9.84 Å². The molecule has 2 aromatic rings. The highest BCUT2D eigenvalue weighted by molar-refractivity contribution is 5.77. The number of piperidine rings is 1. The van der Waals surface area contributed by atoms with E-state index < -0.39 is 0 Å². The van der Waals surface area contributed by atoms with Crippen LogP contribution in [0.15, 0.2) is 12.1 Å². The number of carbonyl (C=O) groups excluding carboxylic acids is 1. The summed E-state index contributed by atoms with van der Waals surface area (Å²) in [7, 11) is 0. The molecule has 0 radical (unpaired) electrons. The number of morpholine rings is 1. The van der Waals surface area contributed by atoms with Crippen LogP contribution in [0, 0.1) is 0 Å². The first-order valence-electron chi connectivity index (χ1n) is 10.3. The Balaban J connectivity index is 1.20. The molecule has 3 aliphatic heterocycles. The van der Waals surface area contributed by atoms with E-state index in [0.29, 0.717) is 19.1 Å². The number of hydrogen-bond acceptors (Lipinski definition) is 7. The first-order chi connectivity index (χ1) is 13.8. The Hall–Kier alpha value is -2.26. The number of ether oxygens (including phenoxy) is 1. The lowest BCUT2D eigenvalue weighted by Gasteiger charge is -2.34. The molecule has 0 unspecified atom stereocenters. The quantitative estimate of drug-likeness (QED) is 0.736. The number of nitrogens with zero attached hydrogens (tertiary/aromatic N) is 7. The van der Waals surface area contributed by atoms with Crippen molar-refractivity contribution in [3.05, 3.63) is 18.0 Å². The topological polar surface area (TPSA) is 79.1 Å². The largest absolute Gasteiger partial charge is 0.370 e. The first-order valence-corrected chi connectivity index (χ1v) is 10.3. The molecule has 28 heavy (non-hydrogen) atoms. The third-order valence-corrected chi connectivity index (χ3v) is 6.18. The number of fused-ring (bicyclic) bond motifs is 1. The third kappa shape index (κ3) is 3.44. The Morgan fingerprint density at radius 3 is 2.64 bits per heavy atom. The lowest BCUT2D eigenvalue weighted by molar-refractivity contribution is -0.142. The molecule has 150 valence electrons. The summed E-state index contributed by atoms with van der Waals surface area (Å²) in [6.07, 6.45) is 3.34. The molecule has 0 bridgehead atoms. The summed E-state index contributed by atoms with van der Waals surface area (Å²) >= 11 is 0. The molecular weight excluding hydrogens is 358 g/mol. The van der Waals surface area contributed by atoms with E-state index in [1.165, 1.54) is 6.42 Å². The predicted molar refractivity (Wildman–Crippen MR) is 103 cm³/mol. The smallest absolute Gasteiger partial charge is 0.248 e. The van der Waals surface area contributed by atoms with Crippen LogP contribution in [-0.4, -0.2) is 94.5 Å². The van der Waals surface area contributed by atoms with Gasteiger partial charge in [0.2, 0.25) is 5.91 Å². The SMILES string of the molecule is O=C1COCCN1CCN1CCC(c2nnc3ccc(N4CCC4)nn23)CC1. The summed E-state index contributed by atoms with van der Waals surface area (Å²) in [5.41, 5.74) is 0.826. The van der Waals surface area contributed by atoms with Crippen molar-refractivity contribution in [2.45, 2.75) is 25.2 Å². The van der Waals surface area contributed by atoms with Crippen LogP contribution < -0.4 is 4.90 Å². The Morgan fingerprint density at radius 1 is 1.04 bits per heavy atom. The fourth-order valence-corrected chi connectivity index (χ4v) is 4.23. The van der Waals surface area contributed by atoms with Gasteiger partial charge in [-0.1, -0.05) is 0 Å². The number of hydrogen-bond donors (Lipinski definition) is 0. The van der Waals surface area contributed by atoms with Gasteiger partial charge < -0.3 is 19.4 Å². The van der Waals surface area contributed by atoms with E-state index in [1.807, 2.05) is 21.5 Å². The van der Waals surface area contributed by atoms with Gasteiger partial charge in [-0.25, -0.2) is 0 Å². The molecule has 0 aliphatic carbocycles. The molecule has 0 atom stereocenters. The minimum absolute atomic E-state index is 0.111. The fourth-order valence-electron chi connectivity index (χ4n) is 4.23. The van der Waals surface area contributed by atoms with Crippen molar-refractivity contribution in [1.82, 2.24) is 29.6 Å². The van der Waals surface area contributed by atoms with Gasteiger partial charge >= 0.3 is 0 Å². The molecule has 3 aliphatic rings. The van der Waals surface area contributed by atoms with Crippen LogP contribution >= 0.6 is 0 Å². The van der Waals surface area contributed by atoms with Crippen LogP contribution in [0.5, 0.6) is 0 Å². The highest BCUT2D eigenvalue weighted by Gasteiger charge is 2.27. The first kappa shape index (κ1) is 17.8. The summed E-state index contributed by atoms with van der Waals surface area (Å²) in [5.74, 6) is 2.50. The van der Waals surface area contributed by atoms with Gasteiger partial charge in [0.1, 0.15) is 12.4 Å². The highest BCUT2D eigenvalue weighted by atomic mass is 16.5. The molecule has 9 heteroatoms. The normalized spacial score (nSPS) is 22.1. The summed E-state index contributed by atoms with van der Waals surface area (Å²) in [6.45, 7) is 7.52. The molecule has 3 fully saturated rings. The number of likely N-dealkylation sites (tertiary alicyclic amines) is 1. The molecule has 0 spiro atoms. The van der Waals surface area contributed by atoms with Crippen LogP contribution in [0.3, 0.4) is 0 Å². The molecule has 1 amide bonds. The molecular formula is C19H27N7O2. The van der Waals surface area contributed by atoms with Gasteiger partial charge in [-0.15, -0.1) is 15.3 Å². The van der Waals surface area contributed by atoms with E-state index in [9.17, 15) is 4.79 Å². The standard InChI is InChI=1S/C19H27N7O2/c27-18-14-28-13-12-25(18)11-10-23-8-4-15(5-9-23)19-21-20-16-2-3-17(22-26(16)19)24-6-1-7-24/h2-3,15H,1,4-14H2. The van der Waals surface area contributed by atoms with Crippen LogP contribution in [0.1, 0.15) is 31.0 Å². The maximum atomic E-state index is 11.9. The number of aromatic nitrogens is 4. The van der Waals surface area contributed by atoms with Gasteiger partial charge in [0.15, 0.2) is 11.5 Å². The Bertz CT molecular complexity index is 842. The van der Waals surface area contributed by atoms with Crippen molar-refractivity contribution in [3.63, 3.8) is 0 Å². The van der Waals surface area contributed by atoms with Crippen molar-refractivity contribution in [2.75, 3.05) is 63.9 Å². The molecule has 0 aromatic carbocycles. The summed E-state index contributed by atoms with van der Waals surface area (Å²) in [4.78, 5) is 18.5. The summed E-state index contributed by atoms with van der Waals surface area (Å²) in [6, 6.07) is 4.06. The molecule has 3 saturated heterocycles. The predicted octanol–water partition coefficient (Wildman–Crippen LogP) is 0.373. The minimum Gasteiger partial charge on any atom is -0.370 e. The van der Waals surface area contributed by atoms with Gasteiger partial charge in [-0.05, 0) is 44.5 Å². The molecule has 0 N–H and O–H groups in total. The van der Waals surface area contributed by atoms with Crippen molar-refractivity contribution < 1.29 is 9.53 Å². The van der Waals surface area contributed by atoms with E-state index >= 15 is 0 Å². The van der Waals surface area contributed by atoms with Crippen LogP contribution in [-0.2, 0) is 9.53 Å². The van der Waals surface area contributed by atoms with E-state index in [0.717, 1.165) is 69.4 Å². The number of anilines is 1. The van der Waals surface area contributed by atoms with Gasteiger partial charge in [-0.3, -0.25) is 4.79 Å². The zero-order valence-electron chi connectivity index (χ0n) is 16.2. The van der Waals surface area contributed by atoms with Crippen molar-refractivity contribution >= 4 is 17.4 Å². The van der Waals surface area contributed by atoms with E-state index in [-0.39, 0.29) is 12.5 Å². The number of rotatable bonds is 5. The molecule has 5 rings (SSSR count). The maximum absolute atomic E-state index is 11.9. The average molecular weight is 385 g/mol. The van der Waals surface area contributed by atoms with Gasteiger partial charge in [0, 0.05) is 38.6 Å². The van der Waals surface area contributed by atoms with Crippen molar-refractivity contribution in [1.29, 1.82) is 0 Å². The molecule has 5 heterocycles. The zero-order chi connectivity index (χ0) is 18.9. The van der Waals surface area contributed by atoms with Gasteiger partial charge in [0.25, 0.3) is 0 Å². The van der Waals surface area contributed by atoms with Crippen LogP contribution in [0.25, 0.3) is 5.65 Å². The van der Waals surface area contributed by atoms with Crippen molar-refractivity contribution in [3.8, 4) is 0 Å². The summed E-state index contributed by atoms with van der Waals surface area (Å²) < 4.78 is 7.14. The van der Waals surface area contributed by atoms with Crippen molar-refractivity contribution in [2.24, 2.45) is 0 Å². The van der Waals surface area contributed by atoms with E-state index in [1.54, 1.807) is 0 Å². The lowest BCUT2D eigenvalue weighted by atomic mass is 9.96. The Kier molecular flexibility index (Phi) is 4.86. The highest BCUT2D eigenvalue weighted by Crippen LogP contribution is 2.27. The zero-order valence-corrected chi connectivity index (χ0v) is 16.2. The molecule has 2 aromatic heterocycles. The average Bonchev–Trinajstić information content (AvgIpc) is 3.10. The maximum Gasteiger partial charge on any atom is 0.248 e. The van der Waals surface area contributed by atoms with Crippen LogP contribution in [0.4, 0.5) is 5.82 Å². The number of amides is 1. The molecule has 9 nitrogen and oxygen atoms in total. The van der Waals surface area contributed by atoms with E-state index in [2.05, 4.69) is 20.0 Å². The van der Waals surface area contributed by atoms with Gasteiger partial charge in [0.05, 0.1) is 6.61 Å². The third-order valence-electron chi connectivity index (χ3n) is 6.18. The second-order valence-electron chi connectivity index (χ2n) is 7.91. The summed E-state index contributed by atoms with van der Waals surface area (Å²) in [5, 5.41) is 13.6. The second-order valence-corrected chi connectivity index (χ2v) is 7.91. The monoisotopic (exact) mass is 385 g/mol. The minimum atomic E-state index is 0.111. The van der Waals surface area contributed by atoms with Gasteiger partial charge in [-0.2, -0.15) is 4.52 Å². The Morgan fingerprint density at radius 2 is 1.89 bits per heavy atom. The fraction of sp³-hybridized carbons (Fsp3) is 0.684. The van der Waals surface area contributed by atoms with Crippen LogP contribution in [0.2, 0.25) is 0 Å². The Labute approximate surface area is 164 Å². The lowest BCUT2D eigenvalue weighted by Crippen LogP contribution is -2.46. The molecule has 0 saturated carbocycles. The number of carbonyl (C=O) groups is 1. The second kappa shape index (κ2) is 7.63.